The fourth-order valence-electron chi connectivity index (χ4n) is 2.37. The summed E-state index contributed by atoms with van der Waals surface area (Å²) in [4.78, 5) is 25.6. The Labute approximate surface area is 157 Å². The first-order valence-corrected chi connectivity index (χ1v) is 9.29. The van der Waals surface area contributed by atoms with Gasteiger partial charge in [0.05, 0.1) is 18.4 Å². The first-order chi connectivity index (χ1) is 12.4. The smallest absolute Gasteiger partial charge is 0.313 e. The highest BCUT2D eigenvalue weighted by Crippen LogP contribution is 2.24. The van der Waals surface area contributed by atoms with E-state index in [0.29, 0.717) is 24.1 Å². The van der Waals surface area contributed by atoms with Crippen molar-refractivity contribution in [2.45, 2.75) is 37.2 Å². The third-order valence-corrected chi connectivity index (χ3v) is 4.72. The van der Waals surface area contributed by atoms with Crippen LogP contribution in [0.4, 0.5) is 0 Å². The quantitative estimate of drug-likeness (QED) is 0.518. The SMILES string of the molecule is CCOC(=O)Cc1nnc(S[C@@H](C)C(=O)N(C)C)n1Cc1ccccc1. The molecule has 26 heavy (non-hydrogen) atoms. The molecule has 0 aliphatic rings. The van der Waals surface area contributed by atoms with E-state index in [1.54, 1.807) is 25.9 Å². The Morgan fingerprint density at radius 2 is 1.92 bits per heavy atom. The van der Waals surface area contributed by atoms with Crippen LogP contribution in [0.3, 0.4) is 0 Å². The van der Waals surface area contributed by atoms with Crippen LogP contribution in [0.1, 0.15) is 25.2 Å². The van der Waals surface area contributed by atoms with Crippen LogP contribution in [-0.4, -0.2) is 57.5 Å². The molecule has 0 aliphatic carbocycles. The minimum absolute atomic E-state index is 0.00351. The Kier molecular flexibility index (Phi) is 7.20. The summed E-state index contributed by atoms with van der Waals surface area (Å²) in [6.45, 7) is 4.44. The molecule has 2 aromatic rings. The second-order valence-electron chi connectivity index (χ2n) is 5.95. The van der Waals surface area contributed by atoms with E-state index in [1.165, 1.54) is 11.8 Å². The second kappa shape index (κ2) is 9.38. The second-order valence-corrected chi connectivity index (χ2v) is 7.25. The zero-order valence-corrected chi connectivity index (χ0v) is 16.3. The van der Waals surface area contributed by atoms with E-state index >= 15 is 0 Å². The third kappa shape index (κ3) is 5.32. The molecule has 140 valence electrons. The summed E-state index contributed by atoms with van der Waals surface area (Å²) in [6.07, 6.45) is 0.0459. The molecular formula is C18H24N4O3S. The predicted molar refractivity (Wildman–Crippen MR) is 99.9 cm³/mol. The lowest BCUT2D eigenvalue weighted by molar-refractivity contribution is -0.142. The van der Waals surface area contributed by atoms with E-state index in [-0.39, 0.29) is 23.5 Å². The number of carbonyl (C=O) groups excluding carboxylic acids is 2. The van der Waals surface area contributed by atoms with Crippen molar-refractivity contribution in [2.24, 2.45) is 0 Å². The number of hydrogen-bond donors (Lipinski definition) is 0. The lowest BCUT2D eigenvalue weighted by Crippen LogP contribution is -2.30. The van der Waals surface area contributed by atoms with Crippen LogP contribution in [0.25, 0.3) is 0 Å². The maximum atomic E-state index is 12.2. The Balaban J connectivity index is 2.27. The van der Waals surface area contributed by atoms with Gasteiger partial charge in [0.15, 0.2) is 5.16 Å². The Morgan fingerprint density at radius 3 is 2.54 bits per heavy atom. The number of aromatic nitrogens is 3. The van der Waals surface area contributed by atoms with Gasteiger partial charge in [-0.2, -0.15) is 0 Å². The molecule has 0 spiro atoms. The summed E-state index contributed by atoms with van der Waals surface area (Å²) >= 11 is 1.33. The van der Waals surface area contributed by atoms with Gasteiger partial charge >= 0.3 is 5.97 Å². The van der Waals surface area contributed by atoms with Gasteiger partial charge in [-0.05, 0) is 19.4 Å². The van der Waals surface area contributed by atoms with Gasteiger partial charge < -0.3 is 14.2 Å². The van der Waals surface area contributed by atoms with Crippen molar-refractivity contribution in [3.63, 3.8) is 0 Å². The highest BCUT2D eigenvalue weighted by atomic mass is 32.2. The highest BCUT2D eigenvalue weighted by molar-refractivity contribution is 8.00. The van der Waals surface area contributed by atoms with Crippen molar-refractivity contribution >= 4 is 23.6 Å². The number of carbonyl (C=O) groups is 2. The van der Waals surface area contributed by atoms with Gasteiger partial charge in [0.2, 0.25) is 5.91 Å². The third-order valence-electron chi connectivity index (χ3n) is 3.66. The van der Waals surface area contributed by atoms with Gasteiger partial charge in [-0.1, -0.05) is 42.1 Å². The van der Waals surface area contributed by atoms with Gasteiger partial charge in [0.25, 0.3) is 0 Å². The average Bonchev–Trinajstić information content (AvgIpc) is 2.96. The topological polar surface area (TPSA) is 77.3 Å². The summed E-state index contributed by atoms with van der Waals surface area (Å²) < 4.78 is 6.89. The number of hydrogen-bond acceptors (Lipinski definition) is 6. The first kappa shape index (κ1) is 20.0. The number of benzene rings is 1. The van der Waals surface area contributed by atoms with E-state index in [9.17, 15) is 9.59 Å². The summed E-state index contributed by atoms with van der Waals surface area (Å²) in [5.74, 6) is 0.179. The van der Waals surface area contributed by atoms with Crippen LogP contribution in [0.15, 0.2) is 35.5 Å². The largest absolute Gasteiger partial charge is 0.466 e. The molecule has 0 N–H and O–H groups in total. The molecule has 0 aliphatic heterocycles. The van der Waals surface area contributed by atoms with Crippen LogP contribution < -0.4 is 0 Å². The lowest BCUT2D eigenvalue weighted by Gasteiger charge is -2.16. The van der Waals surface area contributed by atoms with Gasteiger partial charge in [-0.15, -0.1) is 10.2 Å². The van der Waals surface area contributed by atoms with Gasteiger partial charge in [0.1, 0.15) is 12.2 Å². The van der Waals surface area contributed by atoms with Crippen molar-refractivity contribution in [3.8, 4) is 0 Å². The highest BCUT2D eigenvalue weighted by Gasteiger charge is 2.22. The van der Waals surface area contributed by atoms with E-state index in [1.807, 2.05) is 41.8 Å². The number of ether oxygens (including phenoxy) is 1. The van der Waals surface area contributed by atoms with Gasteiger partial charge in [-0.3, -0.25) is 9.59 Å². The molecule has 0 unspecified atom stereocenters. The summed E-state index contributed by atoms with van der Waals surface area (Å²) in [7, 11) is 3.44. The van der Waals surface area contributed by atoms with Crippen LogP contribution >= 0.6 is 11.8 Å². The number of esters is 1. The standard InChI is InChI=1S/C18H24N4O3S/c1-5-25-16(23)11-15-19-20-18(26-13(2)17(24)21(3)4)22(15)12-14-9-7-6-8-10-14/h6-10,13H,5,11-12H2,1-4H3/t13-/m0/s1. The maximum Gasteiger partial charge on any atom is 0.313 e. The first-order valence-electron chi connectivity index (χ1n) is 8.41. The normalized spacial score (nSPS) is 11.8. The zero-order chi connectivity index (χ0) is 19.1. The fourth-order valence-corrected chi connectivity index (χ4v) is 3.39. The van der Waals surface area contributed by atoms with Gasteiger partial charge in [-0.25, -0.2) is 0 Å². The Bertz CT molecular complexity index is 746. The van der Waals surface area contributed by atoms with Crippen LogP contribution in [-0.2, 0) is 27.3 Å². The van der Waals surface area contributed by atoms with Crippen molar-refractivity contribution in [3.05, 3.63) is 41.7 Å². The van der Waals surface area contributed by atoms with Gasteiger partial charge in [0, 0.05) is 14.1 Å². The molecule has 1 aromatic carbocycles. The molecule has 0 saturated carbocycles. The summed E-state index contributed by atoms with van der Waals surface area (Å²) in [6, 6.07) is 9.85. The van der Waals surface area contributed by atoms with Crippen molar-refractivity contribution in [2.75, 3.05) is 20.7 Å². The monoisotopic (exact) mass is 376 g/mol. The number of rotatable bonds is 8. The lowest BCUT2D eigenvalue weighted by atomic mass is 10.2. The molecule has 1 heterocycles. The molecule has 1 aromatic heterocycles. The fraction of sp³-hybridized carbons (Fsp3) is 0.444. The molecule has 1 amide bonds. The molecule has 7 nitrogen and oxygen atoms in total. The molecule has 0 bridgehead atoms. The Morgan fingerprint density at radius 1 is 1.23 bits per heavy atom. The zero-order valence-electron chi connectivity index (χ0n) is 15.5. The maximum absolute atomic E-state index is 12.2. The molecule has 1 atom stereocenters. The Hall–Kier alpha value is -2.35. The van der Waals surface area contributed by atoms with Crippen LogP contribution in [0.5, 0.6) is 0 Å². The number of thioether (sulfide) groups is 1. The summed E-state index contributed by atoms with van der Waals surface area (Å²) in [5, 5.41) is 8.66. The number of amides is 1. The summed E-state index contributed by atoms with van der Waals surface area (Å²) in [5.41, 5.74) is 1.06. The van der Waals surface area contributed by atoms with E-state index < -0.39 is 0 Å². The van der Waals surface area contributed by atoms with Crippen molar-refractivity contribution < 1.29 is 14.3 Å². The molecule has 8 heteroatoms. The minimum Gasteiger partial charge on any atom is -0.466 e. The molecule has 0 saturated heterocycles. The van der Waals surface area contributed by atoms with Crippen LogP contribution in [0, 0.1) is 0 Å². The predicted octanol–water partition coefficient (Wildman–Crippen LogP) is 2.00. The average molecular weight is 376 g/mol. The molecule has 2 rings (SSSR count). The van der Waals surface area contributed by atoms with E-state index in [0.717, 1.165) is 5.56 Å². The van der Waals surface area contributed by atoms with Crippen molar-refractivity contribution in [1.82, 2.24) is 19.7 Å². The molecule has 0 fully saturated rings. The van der Waals surface area contributed by atoms with E-state index in [2.05, 4.69) is 10.2 Å². The van der Waals surface area contributed by atoms with Crippen LogP contribution in [0.2, 0.25) is 0 Å². The number of nitrogens with zero attached hydrogens (tertiary/aromatic N) is 4. The molecular weight excluding hydrogens is 352 g/mol. The molecule has 0 radical (unpaired) electrons. The minimum atomic E-state index is -0.344. The van der Waals surface area contributed by atoms with Crippen molar-refractivity contribution in [1.29, 1.82) is 0 Å². The van der Waals surface area contributed by atoms with E-state index in [4.69, 9.17) is 4.74 Å².